The van der Waals surface area contributed by atoms with E-state index in [4.69, 9.17) is 4.42 Å². The van der Waals surface area contributed by atoms with Crippen molar-refractivity contribution in [2.75, 3.05) is 0 Å². The minimum atomic E-state index is 0.468. The second-order valence-electron chi connectivity index (χ2n) is 4.95. The first kappa shape index (κ1) is 11.3. The van der Waals surface area contributed by atoms with Gasteiger partial charge in [-0.05, 0) is 11.5 Å². The summed E-state index contributed by atoms with van der Waals surface area (Å²) in [6, 6.07) is 15.2. The van der Waals surface area contributed by atoms with Crippen LogP contribution in [0.2, 0.25) is 0 Å². The molecule has 0 aliphatic rings. The van der Waals surface area contributed by atoms with Crippen molar-refractivity contribution in [1.82, 2.24) is 5.32 Å². The smallest absolute Gasteiger partial charge is 0.142 e. The maximum Gasteiger partial charge on any atom is 0.142 e. The molecule has 0 radical (unpaired) electrons. The maximum atomic E-state index is 5.97. The highest BCUT2D eigenvalue weighted by atomic mass is 16.3. The Bertz CT molecular complexity index is 682. The number of rotatable bonds is 3. The van der Waals surface area contributed by atoms with Crippen molar-refractivity contribution in [1.29, 1.82) is 0 Å². The molecule has 0 aliphatic carbocycles. The molecule has 0 aliphatic heterocycles. The van der Waals surface area contributed by atoms with Crippen LogP contribution in [-0.2, 0) is 6.54 Å². The van der Waals surface area contributed by atoms with Gasteiger partial charge in [-0.3, -0.25) is 0 Å². The Kier molecular flexibility index (Phi) is 2.80. The van der Waals surface area contributed by atoms with E-state index in [0.717, 1.165) is 17.9 Å². The Morgan fingerprint density at radius 1 is 1.06 bits per heavy atom. The number of hydrogen-bond donors (Lipinski definition) is 1. The fourth-order valence-corrected chi connectivity index (χ4v) is 2.21. The average molecular weight is 239 g/mol. The van der Waals surface area contributed by atoms with Crippen molar-refractivity contribution in [3.63, 3.8) is 0 Å². The molecule has 2 heteroatoms. The minimum Gasteiger partial charge on any atom is -0.459 e. The zero-order valence-electron chi connectivity index (χ0n) is 10.7. The molecule has 1 N–H and O–H groups in total. The number of benzene rings is 2. The molecule has 2 aromatic carbocycles. The van der Waals surface area contributed by atoms with E-state index in [1.807, 2.05) is 0 Å². The molecule has 0 saturated carbocycles. The number of furan rings is 1. The zero-order valence-corrected chi connectivity index (χ0v) is 10.7. The molecule has 0 bridgehead atoms. The van der Waals surface area contributed by atoms with Gasteiger partial charge in [0.25, 0.3) is 0 Å². The summed E-state index contributed by atoms with van der Waals surface area (Å²) in [7, 11) is 0. The van der Waals surface area contributed by atoms with Gasteiger partial charge in [0.1, 0.15) is 11.3 Å². The maximum absolute atomic E-state index is 5.97. The van der Waals surface area contributed by atoms with E-state index in [9.17, 15) is 0 Å². The first-order chi connectivity index (χ1) is 8.74. The van der Waals surface area contributed by atoms with Crippen LogP contribution in [0.15, 0.2) is 46.9 Å². The molecule has 1 aromatic heterocycles. The first-order valence-corrected chi connectivity index (χ1v) is 6.37. The van der Waals surface area contributed by atoms with Crippen LogP contribution < -0.4 is 5.32 Å². The highest BCUT2D eigenvalue weighted by molar-refractivity contribution is 6.04. The van der Waals surface area contributed by atoms with Gasteiger partial charge in [-0.15, -0.1) is 0 Å². The molecule has 1 heterocycles. The van der Waals surface area contributed by atoms with E-state index < -0.39 is 0 Å². The predicted molar refractivity (Wildman–Crippen MR) is 75.7 cm³/mol. The lowest BCUT2D eigenvalue weighted by atomic mass is 10.1. The Labute approximate surface area is 107 Å². The van der Waals surface area contributed by atoms with Gasteiger partial charge in [0.2, 0.25) is 0 Å². The Balaban J connectivity index is 2.08. The van der Waals surface area contributed by atoms with Gasteiger partial charge in [0.15, 0.2) is 0 Å². The normalized spacial score (nSPS) is 11.7. The van der Waals surface area contributed by atoms with Crippen LogP contribution in [-0.4, -0.2) is 6.04 Å². The molecule has 92 valence electrons. The van der Waals surface area contributed by atoms with Crippen LogP contribution in [0.1, 0.15) is 19.6 Å². The molecule has 3 aromatic rings. The Hall–Kier alpha value is -1.80. The lowest BCUT2D eigenvalue weighted by Crippen LogP contribution is -2.21. The average Bonchev–Trinajstić information content (AvgIpc) is 2.79. The van der Waals surface area contributed by atoms with Crippen molar-refractivity contribution in [2.45, 2.75) is 26.4 Å². The highest BCUT2D eigenvalue weighted by Gasteiger charge is 2.07. The summed E-state index contributed by atoms with van der Waals surface area (Å²) in [6.07, 6.45) is 0. The summed E-state index contributed by atoms with van der Waals surface area (Å²) in [5.74, 6) is 0.995. The molecule has 18 heavy (non-hydrogen) atoms. The van der Waals surface area contributed by atoms with Crippen LogP contribution in [0, 0.1) is 0 Å². The predicted octanol–water partition coefficient (Wildman–Crippen LogP) is 4.08. The monoisotopic (exact) mass is 239 g/mol. The number of fused-ring (bicyclic) bond motifs is 3. The third kappa shape index (κ3) is 2.00. The van der Waals surface area contributed by atoms with Gasteiger partial charge >= 0.3 is 0 Å². The van der Waals surface area contributed by atoms with E-state index in [2.05, 4.69) is 61.6 Å². The van der Waals surface area contributed by atoms with Gasteiger partial charge in [-0.25, -0.2) is 0 Å². The summed E-state index contributed by atoms with van der Waals surface area (Å²) >= 11 is 0. The third-order valence-electron chi connectivity index (χ3n) is 3.14. The van der Waals surface area contributed by atoms with E-state index in [-0.39, 0.29) is 0 Å². The number of nitrogens with one attached hydrogen (secondary N) is 1. The van der Waals surface area contributed by atoms with Gasteiger partial charge < -0.3 is 9.73 Å². The van der Waals surface area contributed by atoms with Gasteiger partial charge in [-0.2, -0.15) is 0 Å². The van der Waals surface area contributed by atoms with Crippen molar-refractivity contribution in [2.24, 2.45) is 0 Å². The fraction of sp³-hybridized carbons (Fsp3) is 0.250. The SMILES string of the molecule is CC(C)NCc1cc2ccc3ccccc3c2o1. The fourth-order valence-electron chi connectivity index (χ4n) is 2.21. The first-order valence-electron chi connectivity index (χ1n) is 6.37. The standard InChI is InChI=1S/C16H17NO/c1-11(2)17-10-14-9-13-8-7-12-5-3-4-6-15(12)16(13)18-14/h3-9,11,17H,10H2,1-2H3. The Morgan fingerprint density at radius 3 is 2.67 bits per heavy atom. The summed E-state index contributed by atoms with van der Waals surface area (Å²) < 4.78 is 5.97. The molecule has 3 rings (SSSR count). The van der Waals surface area contributed by atoms with Crippen molar-refractivity contribution >= 4 is 21.7 Å². The van der Waals surface area contributed by atoms with Gasteiger partial charge in [-0.1, -0.05) is 50.2 Å². The molecule has 0 fully saturated rings. The summed E-state index contributed by atoms with van der Waals surface area (Å²) in [5, 5.41) is 6.96. The van der Waals surface area contributed by atoms with Gasteiger partial charge in [0.05, 0.1) is 6.54 Å². The second kappa shape index (κ2) is 4.46. The minimum absolute atomic E-state index is 0.468. The van der Waals surface area contributed by atoms with Crippen LogP contribution in [0.25, 0.3) is 21.7 Å². The summed E-state index contributed by atoms with van der Waals surface area (Å²) in [6.45, 7) is 5.05. The van der Waals surface area contributed by atoms with Crippen LogP contribution in [0.3, 0.4) is 0 Å². The second-order valence-corrected chi connectivity index (χ2v) is 4.95. The van der Waals surface area contributed by atoms with E-state index in [1.165, 1.54) is 16.2 Å². The molecule has 0 saturated heterocycles. The summed E-state index contributed by atoms with van der Waals surface area (Å²) in [5.41, 5.74) is 0.994. The van der Waals surface area contributed by atoms with Crippen molar-refractivity contribution in [3.8, 4) is 0 Å². The quantitative estimate of drug-likeness (QED) is 0.745. The van der Waals surface area contributed by atoms with Crippen LogP contribution in [0.4, 0.5) is 0 Å². The largest absolute Gasteiger partial charge is 0.459 e. The van der Waals surface area contributed by atoms with E-state index in [1.54, 1.807) is 0 Å². The lowest BCUT2D eigenvalue weighted by molar-refractivity contribution is 0.489. The van der Waals surface area contributed by atoms with Crippen molar-refractivity contribution in [3.05, 3.63) is 48.2 Å². The molecule has 2 nitrogen and oxygen atoms in total. The molecule has 0 unspecified atom stereocenters. The third-order valence-corrected chi connectivity index (χ3v) is 3.14. The molecule has 0 amide bonds. The van der Waals surface area contributed by atoms with Gasteiger partial charge in [0, 0.05) is 16.8 Å². The van der Waals surface area contributed by atoms with E-state index in [0.29, 0.717) is 6.04 Å². The zero-order chi connectivity index (χ0) is 12.5. The summed E-state index contributed by atoms with van der Waals surface area (Å²) in [4.78, 5) is 0. The Morgan fingerprint density at radius 2 is 1.83 bits per heavy atom. The topological polar surface area (TPSA) is 25.2 Å². The molecule has 0 atom stereocenters. The molecular weight excluding hydrogens is 222 g/mol. The lowest BCUT2D eigenvalue weighted by Gasteiger charge is -2.04. The highest BCUT2D eigenvalue weighted by Crippen LogP contribution is 2.27. The number of hydrogen-bond acceptors (Lipinski definition) is 2. The molecular formula is C16H17NO. The van der Waals surface area contributed by atoms with Crippen LogP contribution in [0.5, 0.6) is 0 Å². The van der Waals surface area contributed by atoms with Crippen LogP contribution >= 0.6 is 0 Å². The molecule has 0 spiro atoms. The van der Waals surface area contributed by atoms with E-state index >= 15 is 0 Å². The van der Waals surface area contributed by atoms with Crippen molar-refractivity contribution < 1.29 is 4.42 Å².